The van der Waals surface area contributed by atoms with Gasteiger partial charge in [-0.15, -0.1) is 21.5 Å². The van der Waals surface area contributed by atoms with Crippen molar-refractivity contribution in [3.8, 4) is 21.9 Å². The van der Waals surface area contributed by atoms with Crippen LogP contribution in [0.3, 0.4) is 0 Å². The van der Waals surface area contributed by atoms with Crippen LogP contribution in [0.5, 0.6) is 0 Å². The van der Waals surface area contributed by atoms with Crippen LogP contribution in [0, 0.1) is 30.6 Å². The number of nitrogens with one attached hydrogen (secondary N) is 1. The molecular formula is C35H36N6O4S2. The van der Waals surface area contributed by atoms with Crippen LogP contribution in [0.2, 0.25) is 0 Å². The van der Waals surface area contributed by atoms with Gasteiger partial charge in [0.15, 0.2) is 9.84 Å². The van der Waals surface area contributed by atoms with Crippen molar-refractivity contribution in [2.45, 2.75) is 63.3 Å². The summed E-state index contributed by atoms with van der Waals surface area (Å²) in [7, 11) is -3.65. The Labute approximate surface area is 277 Å². The molecule has 4 aliphatic rings. The molecule has 4 atom stereocenters. The third kappa shape index (κ3) is 4.82. The molecule has 9 rings (SSSR count). The predicted molar refractivity (Wildman–Crippen MR) is 179 cm³/mol. The topological polar surface area (TPSA) is 133 Å². The Balaban J connectivity index is 1.22. The minimum atomic E-state index is -3.65. The van der Waals surface area contributed by atoms with Crippen LogP contribution in [0.1, 0.15) is 67.2 Å². The standard InChI is InChI=1S/C35H36N6O4S2/c1-17(2)24-16-47(42,43)33-30(28-13-19-10-12-37-34(32(19)46-28)39-26-9-8-25-21(26)5-4-11-36-25)29(35-41-40-18(3)45-35)27(38-31(24)33)7-6-20-22-14-44-15-23(20)22/h4-5,10-13,17,20,22-24,26H,6-9,14-16H2,1-3H3,(H,37,39)/t20?,22?,23?,24?,26-/m0/s1. The van der Waals surface area contributed by atoms with Gasteiger partial charge >= 0.3 is 0 Å². The number of thiophene rings is 1. The Morgan fingerprint density at radius 3 is 2.72 bits per heavy atom. The number of pyridine rings is 3. The lowest BCUT2D eigenvalue weighted by molar-refractivity contribution is 0.149. The molecule has 1 saturated heterocycles. The van der Waals surface area contributed by atoms with Crippen molar-refractivity contribution in [2.24, 2.45) is 23.7 Å². The zero-order chi connectivity index (χ0) is 32.0. The third-order valence-electron chi connectivity index (χ3n) is 10.7. The van der Waals surface area contributed by atoms with Gasteiger partial charge in [-0.25, -0.2) is 13.4 Å². The Hall–Kier alpha value is -3.74. The maximum absolute atomic E-state index is 14.2. The Morgan fingerprint density at radius 1 is 1.09 bits per heavy atom. The van der Waals surface area contributed by atoms with Gasteiger partial charge in [0.1, 0.15) is 5.82 Å². The predicted octanol–water partition coefficient (Wildman–Crippen LogP) is 6.56. The maximum Gasteiger partial charge on any atom is 0.250 e. The highest BCUT2D eigenvalue weighted by molar-refractivity contribution is 7.92. The second-order valence-electron chi connectivity index (χ2n) is 13.8. The van der Waals surface area contributed by atoms with Crippen LogP contribution in [-0.4, -0.2) is 52.5 Å². The second kappa shape index (κ2) is 10.9. The quantitative estimate of drug-likeness (QED) is 0.194. The number of ether oxygens (including phenoxy) is 1. The number of fused-ring (bicyclic) bond motifs is 4. The molecule has 1 N–H and O–H groups in total. The largest absolute Gasteiger partial charge is 0.421 e. The summed E-state index contributed by atoms with van der Waals surface area (Å²) in [5.41, 5.74) is 5.11. The molecule has 0 bridgehead atoms. The molecule has 1 saturated carbocycles. The summed E-state index contributed by atoms with van der Waals surface area (Å²) < 4.78 is 41.0. The van der Waals surface area contributed by atoms with E-state index in [0.29, 0.717) is 57.7 Å². The van der Waals surface area contributed by atoms with E-state index in [9.17, 15) is 8.42 Å². The minimum absolute atomic E-state index is 0.0459. The van der Waals surface area contributed by atoms with Gasteiger partial charge in [-0.3, -0.25) is 9.97 Å². The molecular weight excluding hydrogens is 633 g/mol. The fourth-order valence-corrected chi connectivity index (χ4v) is 11.6. The second-order valence-corrected chi connectivity index (χ2v) is 16.8. The van der Waals surface area contributed by atoms with E-state index < -0.39 is 9.84 Å². The van der Waals surface area contributed by atoms with Crippen molar-refractivity contribution in [1.29, 1.82) is 0 Å². The average molecular weight is 669 g/mol. The number of nitrogens with zero attached hydrogens (tertiary/aromatic N) is 5. The molecule has 12 heteroatoms. The molecule has 0 radical (unpaired) electrons. The summed E-state index contributed by atoms with van der Waals surface area (Å²) in [6.07, 6.45) is 7.18. The van der Waals surface area contributed by atoms with Gasteiger partial charge in [-0.05, 0) is 78.5 Å². The first kappa shape index (κ1) is 29.4. The monoisotopic (exact) mass is 668 g/mol. The zero-order valence-electron chi connectivity index (χ0n) is 26.6. The van der Waals surface area contributed by atoms with Gasteiger partial charge in [0.25, 0.3) is 0 Å². The smallest absolute Gasteiger partial charge is 0.250 e. The first-order chi connectivity index (χ1) is 22.8. The number of aromatic nitrogens is 5. The van der Waals surface area contributed by atoms with Gasteiger partial charge in [0, 0.05) is 41.4 Å². The highest BCUT2D eigenvalue weighted by atomic mass is 32.2. The van der Waals surface area contributed by atoms with Crippen molar-refractivity contribution >= 4 is 37.1 Å². The maximum atomic E-state index is 14.2. The molecule has 5 aromatic heterocycles. The van der Waals surface area contributed by atoms with Crippen LogP contribution < -0.4 is 5.32 Å². The summed E-state index contributed by atoms with van der Waals surface area (Å²) in [6.45, 7) is 7.58. The molecule has 5 aromatic rings. The number of rotatable bonds is 8. The Bertz CT molecular complexity index is 2150. The molecule has 2 fully saturated rings. The zero-order valence-corrected chi connectivity index (χ0v) is 28.2. The van der Waals surface area contributed by atoms with Gasteiger partial charge < -0.3 is 14.5 Å². The van der Waals surface area contributed by atoms with Crippen molar-refractivity contribution < 1.29 is 17.6 Å². The molecule has 2 aliphatic heterocycles. The van der Waals surface area contributed by atoms with E-state index in [-0.39, 0.29) is 23.6 Å². The van der Waals surface area contributed by atoms with Crippen LogP contribution in [-0.2, 0) is 27.4 Å². The summed E-state index contributed by atoms with van der Waals surface area (Å²) in [6, 6.07) is 8.29. The lowest BCUT2D eigenvalue weighted by Crippen LogP contribution is -2.11. The third-order valence-corrected chi connectivity index (χ3v) is 13.7. The highest BCUT2D eigenvalue weighted by Gasteiger charge is 2.53. The number of anilines is 1. The SMILES string of the molecule is Cc1nnc(-c2c(CCC3C4COCC34)nc3c(c2-c2cc4ccnc(N[C@H]5CCc6ncccc65)c4s2)S(=O)(=O)CC3C(C)C)o1. The Kier molecular flexibility index (Phi) is 6.82. The molecule has 3 unspecified atom stereocenters. The first-order valence-corrected chi connectivity index (χ1v) is 19.0. The fraction of sp³-hybridized carbons (Fsp3) is 0.457. The van der Waals surface area contributed by atoms with Crippen molar-refractivity contribution in [3.63, 3.8) is 0 Å². The van der Waals surface area contributed by atoms with Crippen LogP contribution >= 0.6 is 11.3 Å². The van der Waals surface area contributed by atoms with E-state index in [0.717, 1.165) is 64.6 Å². The molecule has 2 aliphatic carbocycles. The Morgan fingerprint density at radius 2 is 1.94 bits per heavy atom. The van der Waals surface area contributed by atoms with E-state index >= 15 is 0 Å². The molecule has 242 valence electrons. The van der Waals surface area contributed by atoms with E-state index in [4.69, 9.17) is 19.1 Å². The van der Waals surface area contributed by atoms with E-state index in [1.165, 1.54) is 5.56 Å². The fourth-order valence-electron chi connectivity index (χ4n) is 8.16. The summed E-state index contributed by atoms with van der Waals surface area (Å²) in [5, 5.41) is 13.3. The van der Waals surface area contributed by atoms with Gasteiger partial charge in [-0.2, -0.15) is 0 Å². The lowest BCUT2D eigenvalue weighted by atomic mass is 9.90. The molecule has 10 nitrogen and oxygen atoms in total. The molecule has 47 heavy (non-hydrogen) atoms. The number of hydrogen-bond donors (Lipinski definition) is 1. The van der Waals surface area contributed by atoms with E-state index in [1.54, 1.807) is 18.3 Å². The number of aryl methyl sites for hydroxylation is 3. The average Bonchev–Trinajstić information content (AvgIpc) is 3.71. The molecule has 0 spiro atoms. The van der Waals surface area contributed by atoms with Gasteiger partial charge in [0.05, 0.1) is 51.6 Å². The van der Waals surface area contributed by atoms with Crippen LogP contribution in [0.25, 0.3) is 32.0 Å². The van der Waals surface area contributed by atoms with Crippen molar-refractivity contribution in [3.05, 3.63) is 65.2 Å². The van der Waals surface area contributed by atoms with Crippen LogP contribution in [0.4, 0.5) is 5.82 Å². The summed E-state index contributed by atoms with van der Waals surface area (Å²) >= 11 is 1.55. The van der Waals surface area contributed by atoms with Crippen LogP contribution in [0.15, 0.2) is 46.0 Å². The minimum Gasteiger partial charge on any atom is -0.421 e. The number of sulfone groups is 1. The molecule has 0 aromatic carbocycles. The molecule has 7 heterocycles. The first-order valence-electron chi connectivity index (χ1n) is 16.5. The normalized spacial score (nSPS) is 25.3. The lowest BCUT2D eigenvalue weighted by Gasteiger charge is -2.18. The summed E-state index contributed by atoms with van der Waals surface area (Å²) in [5.74, 6) is 3.32. The van der Waals surface area contributed by atoms with Crippen molar-refractivity contribution in [1.82, 2.24) is 25.1 Å². The van der Waals surface area contributed by atoms with E-state index in [1.807, 2.05) is 24.5 Å². The molecule has 0 amide bonds. The summed E-state index contributed by atoms with van der Waals surface area (Å²) in [4.78, 5) is 15.7. The van der Waals surface area contributed by atoms with E-state index in [2.05, 4.69) is 46.5 Å². The highest BCUT2D eigenvalue weighted by Crippen LogP contribution is 2.55. The van der Waals surface area contributed by atoms with Gasteiger partial charge in [-0.1, -0.05) is 19.9 Å². The van der Waals surface area contributed by atoms with Crippen molar-refractivity contribution in [2.75, 3.05) is 24.3 Å². The van der Waals surface area contributed by atoms with Gasteiger partial charge in [0.2, 0.25) is 11.8 Å². The number of hydrogen-bond acceptors (Lipinski definition) is 11.